The smallest absolute Gasteiger partial charge is 0.341 e. The van der Waals surface area contributed by atoms with Gasteiger partial charge in [-0.15, -0.1) is 11.3 Å². The number of aryl methyl sites for hydroxylation is 1. The van der Waals surface area contributed by atoms with Crippen LogP contribution < -0.4 is 10.6 Å². The monoisotopic (exact) mass is 391 g/mol. The van der Waals surface area contributed by atoms with E-state index in [1.165, 1.54) is 17.4 Å². The van der Waals surface area contributed by atoms with Gasteiger partial charge < -0.3 is 15.4 Å². The van der Waals surface area contributed by atoms with Crippen molar-refractivity contribution in [1.29, 1.82) is 0 Å². The van der Waals surface area contributed by atoms with Crippen LogP contribution in [0.15, 0.2) is 18.2 Å². The van der Waals surface area contributed by atoms with Gasteiger partial charge in [0.1, 0.15) is 5.00 Å². The highest BCUT2D eigenvalue weighted by atomic mass is 32.1. The van der Waals surface area contributed by atoms with E-state index >= 15 is 0 Å². The number of anilines is 2. The fourth-order valence-electron chi connectivity index (χ4n) is 2.52. The predicted octanol–water partition coefficient (Wildman–Crippen LogP) is 3.81. The van der Waals surface area contributed by atoms with Crippen molar-refractivity contribution < 1.29 is 19.2 Å². The summed E-state index contributed by atoms with van der Waals surface area (Å²) < 4.78 is 5.06. The molecule has 9 heteroatoms. The van der Waals surface area contributed by atoms with Gasteiger partial charge in [0, 0.05) is 22.2 Å². The molecular weight excluding hydrogens is 370 g/mol. The normalized spacial score (nSPS) is 10.4. The largest absolute Gasteiger partial charge is 0.462 e. The molecule has 0 bridgehead atoms. The van der Waals surface area contributed by atoms with Crippen molar-refractivity contribution in [3.8, 4) is 0 Å². The molecule has 1 aromatic heterocycles. The molecule has 2 aromatic rings. The molecule has 0 saturated heterocycles. The third-order valence-corrected chi connectivity index (χ3v) is 5.18. The number of benzene rings is 1. The van der Waals surface area contributed by atoms with Crippen molar-refractivity contribution in [3.63, 3.8) is 0 Å². The maximum Gasteiger partial charge on any atom is 0.341 e. The number of hydrogen-bond acceptors (Lipinski definition) is 7. The lowest BCUT2D eigenvalue weighted by Crippen LogP contribution is -2.23. The summed E-state index contributed by atoms with van der Waals surface area (Å²) in [5, 5.41) is 17.1. The number of hydrogen-bond donors (Lipinski definition) is 2. The topological polar surface area (TPSA) is 111 Å². The van der Waals surface area contributed by atoms with Gasteiger partial charge in [0.15, 0.2) is 0 Å². The molecule has 1 amide bonds. The predicted molar refractivity (Wildman–Crippen MR) is 105 cm³/mol. The molecule has 0 saturated carbocycles. The highest BCUT2D eigenvalue weighted by Gasteiger charge is 2.22. The second-order valence-electron chi connectivity index (χ2n) is 5.82. The van der Waals surface area contributed by atoms with E-state index in [4.69, 9.17) is 4.74 Å². The zero-order valence-electron chi connectivity index (χ0n) is 15.5. The summed E-state index contributed by atoms with van der Waals surface area (Å²) in [7, 11) is 0. The van der Waals surface area contributed by atoms with E-state index in [-0.39, 0.29) is 24.7 Å². The zero-order chi connectivity index (χ0) is 20.1. The van der Waals surface area contributed by atoms with Gasteiger partial charge in [-0.2, -0.15) is 0 Å². The lowest BCUT2D eigenvalue weighted by Gasteiger charge is -2.10. The Labute approximate surface area is 160 Å². The molecule has 1 heterocycles. The van der Waals surface area contributed by atoms with E-state index in [0.29, 0.717) is 21.8 Å². The van der Waals surface area contributed by atoms with Gasteiger partial charge in [0.05, 0.1) is 23.6 Å². The maximum atomic E-state index is 12.3. The number of rotatable bonds is 7. The van der Waals surface area contributed by atoms with Crippen molar-refractivity contribution in [1.82, 2.24) is 0 Å². The number of nitrogens with one attached hydrogen (secondary N) is 2. The molecule has 27 heavy (non-hydrogen) atoms. The Balaban J connectivity index is 2.11. The van der Waals surface area contributed by atoms with Crippen LogP contribution in [0.1, 0.15) is 33.3 Å². The molecule has 8 nitrogen and oxygen atoms in total. The van der Waals surface area contributed by atoms with Gasteiger partial charge >= 0.3 is 5.97 Å². The van der Waals surface area contributed by atoms with Crippen molar-refractivity contribution in [2.75, 3.05) is 23.8 Å². The van der Waals surface area contributed by atoms with Crippen molar-refractivity contribution >= 4 is 39.6 Å². The summed E-state index contributed by atoms with van der Waals surface area (Å²) in [5.74, 6) is -0.843. The van der Waals surface area contributed by atoms with Crippen LogP contribution in [0.2, 0.25) is 0 Å². The molecule has 0 unspecified atom stereocenters. The van der Waals surface area contributed by atoms with Crippen LogP contribution >= 0.6 is 11.3 Å². The number of thiophene rings is 1. The minimum absolute atomic E-state index is 0.0190. The first-order chi connectivity index (χ1) is 12.8. The Hall–Kier alpha value is -2.94. The Morgan fingerprint density at radius 3 is 2.56 bits per heavy atom. The number of carbonyl (C=O) groups excluding carboxylic acids is 2. The third-order valence-electron chi connectivity index (χ3n) is 4.06. The fourth-order valence-corrected chi connectivity index (χ4v) is 3.59. The molecule has 0 fully saturated rings. The van der Waals surface area contributed by atoms with E-state index in [1.54, 1.807) is 32.9 Å². The number of esters is 1. The lowest BCUT2D eigenvalue weighted by molar-refractivity contribution is -0.385. The molecule has 0 aliphatic carbocycles. The van der Waals surface area contributed by atoms with Crippen molar-refractivity contribution in [3.05, 3.63) is 49.9 Å². The molecule has 0 spiro atoms. The van der Waals surface area contributed by atoms with E-state index in [2.05, 4.69) is 10.6 Å². The van der Waals surface area contributed by atoms with E-state index in [9.17, 15) is 19.7 Å². The SMILES string of the molecule is CCOC(=O)c1c(NC(=O)CNc2cccc([N+](=O)[O-])c2C)sc(C)c1C. The molecule has 2 N–H and O–H groups in total. The summed E-state index contributed by atoms with van der Waals surface area (Å²) in [6.45, 7) is 7.15. The first-order valence-corrected chi connectivity index (χ1v) is 9.12. The van der Waals surface area contributed by atoms with Gasteiger partial charge in [-0.25, -0.2) is 4.79 Å². The number of nitro benzene ring substituents is 1. The highest BCUT2D eigenvalue weighted by Crippen LogP contribution is 2.33. The Morgan fingerprint density at radius 2 is 1.93 bits per heavy atom. The molecule has 0 atom stereocenters. The summed E-state index contributed by atoms with van der Waals surface area (Å²) in [6, 6.07) is 4.62. The number of nitro groups is 1. The maximum absolute atomic E-state index is 12.3. The van der Waals surface area contributed by atoms with Crippen molar-refractivity contribution in [2.45, 2.75) is 27.7 Å². The van der Waals surface area contributed by atoms with Gasteiger partial charge in [-0.3, -0.25) is 14.9 Å². The molecule has 1 aromatic carbocycles. The molecule has 0 aliphatic heterocycles. The molecular formula is C18H21N3O5S. The quantitative estimate of drug-likeness (QED) is 0.422. The Morgan fingerprint density at radius 1 is 1.22 bits per heavy atom. The van der Waals surface area contributed by atoms with Crippen LogP contribution in [-0.2, 0) is 9.53 Å². The average molecular weight is 391 g/mol. The number of amides is 1. The van der Waals surface area contributed by atoms with E-state index in [0.717, 1.165) is 10.4 Å². The summed E-state index contributed by atoms with van der Waals surface area (Å²) >= 11 is 1.30. The average Bonchev–Trinajstić information content (AvgIpc) is 2.87. The highest BCUT2D eigenvalue weighted by molar-refractivity contribution is 7.16. The van der Waals surface area contributed by atoms with Crippen molar-refractivity contribution in [2.24, 2.45) is 0 Å². The van der Waals surface area contributed by atoms with E-state index in [1.807, 2.05) is 6.92 Å². The van der Waals surface area contributed by atoms with Crippen LogP contribution in [-0.4, -0.2) is 30.0 Å². The molecule has 0 radical (unpaired) electrons. The fraction of sp³-hybridized carbons (Fsp3) is 0.333. The Kier molecular flexibility index (Phi) is 6.51. The van der Waals surface area contributed by atoms with Gasteiger partial charge in [0.2, 0.25) is 5.91 Å². The molecule has 0 aliphatic rings. The molecule has 2 rings (SSSR count). The molecule has 144 valence electrons. The first kappa shape index (κ1) is 20.4. The summed E-state index contributed by atoms with van der Waals surface area (Å²) in [6.07, 6.45) is 0. The van der Waals surface area contributed by atoms with Gasteiger partial charge in [-0.05, 0) is 39.3 Å². The number of nitrogens with zero attached hydrogens (tertiary/aromatic N) is 1. The van der Waals surface area contributed by atoms with E-state index < -0.39 is 10.9 Å². The zero-order valence-corrected chi connectivity index (χ0v) is 16.4. The van der Waals surface area contributed by atoms with Crippen LogP contribution in [0.3, 0.4) is 0 Å². The van der Waals surface area contributed by atoms with Crippen LogP contribution in [0.25, 0.3) is 0 Å². The lowest BCUT2D eigenvalue weighted by atomic mass is 10.1. The third kappa shape index (κ3) is 4.62. The minimum Gasteiger partial charge on any atom is -0.462 e. The van der Waals surface area contributed by atoms with Gasteiger partial charge in [-0.1, -0.05) is 6.07 Å². The minimum atomic E-state index is -0.475. The van der Waals surface area contributed by atoms with Crippen LogP contribution in [0.5, 0.6) is 0 Å². The van der Waals surface area contributed by atoms with Gasteiger partial charge in [0.25, 0.3) is 5.69 Å². The van der Waals surface area contributed by atoms with Crippen LogP contribution in [0, 0.1) is 30.9 Å². The number of carbonyl (C=O) groups is 2. The number of ether oxygens (including phenoxy) is 1. The Bertz CT molecular complexity index is 891. The van der Waals surface area contributed by atoms with Crippen LogP contribution in [0.4, 0.5) is 16.4 Å². The second-order valence-corrected chi connectivity index (χ2v) is 7.04. The summed E-state index contributed by atoms with van der Waals surface area (Å²) in [4.78, 5) is 35.9. The second kappa shape index (κ2) is 8.63. The first-order valence-electron chi connectivity index (χ1n) is 8.31. The standard InChI is InChI=1S/C18H21N3O5S/c1-5-26-18(23)16-10(2)12(4)27-17(16)20-15(22)9-19-13-7-6-8-14(11(13)3)21(24)25/h6-8,19H,5,9H2,1-4H3,(H,20,22). The summed E-state index contributed by atoms with van der Waals surface area (Å²) in [5.41, 5.74) is 2.07.